The van der Waals surface area contributed by atoms with Gasteiger partial charge in [0, 0.05) is 60.5 Å². The Morgan fingerprint density at radius 2 is 1.26 bits per heavy atom. The summed E-state index contributed by atoms with van der Waals surface area (Å²) in [4.78, 5) is 22.0. The summed E-state index contributed by atoms with van der Waals surface area (Å²) in [5, 5.41) is 0. The molecule has 286 valence electrons. The molecule has 7 heterocycles. The molecule has 4 aliphatic heterocycles. The standard InChI is InChI=1S/C26H17F3N4O2.C15H11BrIN3O2/c27-17-2-3-21(28)18(10-17)15-1-4-22-19(7-15)26(13-34-12-24(30)33-26)20-8-16(11-32-25(20)35-22)14-5-6-31-23(29)9-14;16-8-3-11-14(19-5-8)22-12-2-1-9(17)4-10(12)15(11)7-21-6-13(18)20-15/h1-11H,12-13H2,(H2,30,33);1-5H,6-7H2,(H2,18,20)/t26-;15-/m00/s1. The summed E-state index contributed by atoms with van der Waals surface area (Å²) in [6, 6.07) is 21.0. The van der Waals surface area contributed by atoms with Crippen LogP contribution in [0.4, 0.5) is 13.2 Å². The molecule has 2 atom stereocenters. The largest absolute Gasteiger partial charge is 0.438 e. The molecule has 2 spiro atoms. The highest BCUT2D eigenvalue weighted by molar-refractivity contribution is 14.1. The SMILES string of the molecule is NC1=N[C@@]2(COC1)c1cc(-c3cc(F)ccc3F)ccc1Oc1ncc(-c3ccnc(F)c3)cc12.NC1=N[C@@]2(COC1)c1cc(I)ccc1Oc1ncc(Br)cc12. The van der Waals surface area contributed by atoms with Gasteiger partial charge in [0.25, 0.3) is 0 Å². The smallest absolute Gasteiger partial charge is 0.225 e. The Labute approximate surface area is 345 Å². The van der Waals surface area contributed by atoms with Crippen molar-refractivity contribution in [3.63, 3.8) is 0 Å². The van der Waals surface area contributed by atoms with Gasteiger partial charge in [-0.1, -0.05) is 6.07 Å². The van der Waals surface area contributed by atoms with Crippen molar-refractivity contribution in [2.75, 3.05) is 26.4 Å². The van der Waals surface area contributed by atoms with Crippen molar-refractivity contribution in [2.45, 2.75) is 11.1 Å². The van der Waals surface area contributed by atoms with E-state index in [0.29, 0.717) is 64.4 Å². The monoisotopic (exact) mass is 945 g/mol. The summed E-state index contributed by atoms with van der Waals surface area (Å²) >= 11 is 5.75. The maximum Gasteiger partial charge on any atom is 0.225 e. The van der Waals surface area contributed by atoms with Crippen molar-refractivity contribution in [3.8, 4) is 45.5 Å². The Bertz CT molecular complexity index is 2630. The molecule has 57 heavy (non-hydrogen) atoms. The molecule has 0 aliphatic carbocycles. The van der Waals surface area contributed by atoms with Crippen LogP contribution in [0.15, 0.2) is 112 Å². The van der Waals surface area contributed by atoms with Gasteiger partial charge >= 0.3 is 0 Å². The van der Waals surface area contributed by atoms with Gasteiger partial charge in [0.05, 0.1) is 18.8 Å². The van der Waals surface area contributed by atoms with Gasteiger partial charge in [0.1, 0.15) is 59.1 Å². The number of nitrogens with two attached hydrogens (primary N) is 2. The van der Waals surface area contributed by atoms with E-state index in [4.69, 9.17) is 40.4 Å². The number of pyridine rings is 3. The summed E-state index contributed by atoms with van der Waals surface area (Å²) < 4.78 is 67.8. The highest BCUT2D eigenvalue weighted by atomic mass is 127. The van der Waals surface area contributed by atoms with Crippen LogP contribution in [-0.2, 0) is 20.6 Å². The van der Waals surface area contributed by atoms with Gasteiger partial charge in [0.2, 0.25) is 17.7 Å². The number of halogens is 5. The van der Waals surface area contributed by atoms with Crippen molar-refractivity contribution in [1.82, 2.24) is 15.0 Å². The van der Waals surface area contributed by atoms with Crippen LogP contribution in [0.1, 0.15) is 22.3 Å². The van der Waals surface area contributed by atoms with Crippen LogP contribution in [0.3, 0.4) is 0 Å². The molecular weight excluding hydrogens is 918 g/mol. The molecule has 0 amide bonds. The fourth-order valence-corrected chi connectivity index (χ4v) is 8.22. The van der Waals surface area contributed by atoms with E-state index in [0.717, 1.165) is 43.1 Å². The zero-order valence-electron chi connectivity index (χ0n) is 29.5. The van der Waals surface area contributed by atoms with Gasteiger partial charge in [-0.05, 0) is 116 Å². The topological polar surface area (TPSA) is 152 Å². The van der Waals surface area contributed by atoms with Crippen LogP contribution in [0.5, 0.6) is 23.3 Å². The summed E-state index contributed by atoms with van der Waals surface area (Å²) in [7, 11) is 0. The summed E-state index contributed by atoms with van der Waals surface area (Å²) in [6.07, 6.45) is 4.64. The quantitative estimate of drug-likeness (QED) is 0.129. The Balaban J connectivity index is 0.000000165. The van der Waals surface area contributed by atoms with E-state index < -0.39 is 28.7 Å². The lowest BCUT2D eigenvalue weighted by atomic mass is 9.80. The van der Waals surface area contributed by atoms with Crippen LogP contribution < -0.4 is 20.9 Å². The molecule has 16 heteroatoms. The second-order valence-electron chi connectivity index (χ2n) is 13.5. The van der Waals surface area contributed by atoms with Crippen molar-refractivity contribution < 1.29 is 32.1 Å². The Hall–Kier alpha value is -5.43. The number of ether oxygens (including phenoxy) is 4. The van der Waals surface area contributed by atoms with Gasteiger partial charge in [-0.15, -0.1) is 0 Å². The number of nitrogens with zero attached hydrogens (tertiary/aromatic N) is 5. The minimum Gasteiger partial charge on any atom is -0.438 e. The molecule has 10 rings (SSSR count). The first-order valence-electron chi connectivity index (χ1n) is 17.4. The zero-order valence-corrected chi connectivity index (χ0v) is 33.2. The molecule has 4 N–H and O–H groups in total. The molecule has 6 aromatic rings. The molecule has 0 saturated heterocycles. The lowest BCUT2D eigenvalue weighted by molar-refractivity contribution is 0.109. The fraction of sp³-hybridized carbons (Fsp3) is 0.146. The van der Waals surface area contributed by atoms with E-state index in [-0.39, 0.29) is 24.6 Å². The van der Waals surface area contributed by atoms with Crippen molar-refractivity contribution >= 4 is 50.2 Å². The molecule has 0 radical (unpaired) electrons. The van der Waals surface area contributed by atoms with Crippen molar-refractivity contribution in [1.29, 1.82) is 0 Å². The van der Waals surface area contributed by atoms with Crippen LogP contribution in [0.2, 0.25) is 0 Å². The average Bonchev–Trinajstić information content (AvgIpc) is 3.20. The van der Waals surface area contributed by atoms with Gasteiger partial charge in [-0.2, -0.15) is 4.39 Å². The minimum absolute atomic E-state index is 0.0987. The van der Waals surface area contributed by atoms with Gasteiger partial charge in [-0.3, -0.25) is 9.98 Å². The molecule has 11 nitrogen and oxygen atoms in total. The highest BCUT2D eigenvalue weighted by Crippen LogP contribution is 2.52. The van der Waals surface area contributed by atoms with Gasteiger partial charge < -0.3 is 30.4 Å². The third-order valence-corrected chi connectivity index (χ3v) is 11.0. The van der Waals surface area contributed by atoms with Crippen LogP contribution >= 0.6 is 38.5 Å². The maximum atomic E-state index is 14.6. The number of hydrogen-bond acceptors (Lipinski definition) is 11. The lowest BCUT2D eigenvalue weighted by Gasteiger charge is -2.39. The molecule has 0 fully saturated rings. The molecule has 0 unspecified atom stereocenters. The minimum atomic E-state index is -1.15. The van der Waals surface area contributed by atoms with Gasteiger partial charge in [-0.25, -0.2) is 23.7 Å². The maximum absolute atomic E-state index is 14.6. The number of aliphatic imine (C=N–C) groups is 2. The van der Waals surface area contributed by atoms with E-state index >= 15 is 0 Å². The lowest BCUT2D eigenvalue weighted by Crippen LogP contribution is -2.42. The molecular formula is C41H28BrF3IN7O4. The first kappa shape index (κ1) is 37.2. The Morgan fingerprint density at radius 3 is 1.95 bits per heavy atom. The third kappa shape index (κ3) is 6.69. The number of fused-ring (bicyclic) bond motifs is 8. The number of hydrogen-bond donors (Lipinski definition) is 2. The number of amidine groups is 2. The van der Waals surface area contributed by atoms with E-state index in [1.165, 1.54) is 12.3 Å². The van der Waals surface area contributed by atoms with Crippen LogP contribution in [-0.4, -0.2) is 53.1 Å². The second kappa shape index (κ2) is 14.5. The van der Waals surface area contributed by atoms with E-state index in [9.17, 15) is 13.2 Å². The number of aromatic nitrogens is 3. The molecule has 3 aromatic carbocycles. The van der Waals surface area contributed by atoms with E-state index in [1.807, 2.05) is 18.2 Å². The normalized spacial score (nSPS) is 20.0. The average molecular weight is 947 g/mol. The Morgan fingerprint density at radius 1 is 0.632 bits per heavy atom. The second-order valence-corrected chi connectivity index (χ2v) is 15.7. The van der Waals surface area contributed by atoms with E-state index in [2.05, 4.69) is 59.5 Å². The highest BCUT2D eigenvalue weighted by Gasteiger charge is 2.47. The predicted molar refractivity (Wildman–Crippen MR) is 217 cm³/mol. The van der Waals surface area contributed by atoms with Crippen LogP contribution in [0.25, 0.3) is 22.3 Å². The van der Waals surface area contributed by atoms with Crippen molar-refractivity contribution in [2.24, 2.45) is 21.5 Å². The first-order chi connectivity index (χ1) is 27.5. The summed E-state index contributed by atoms with van der Waals surface area (Å²) in [5.41, 5.74) is 14.9. The number of rotatable bonds is 2. The van der Waals surface area contributed by atoms with Crippen LogP contribution in [0, 0.1) is 21.2 Å². The molecule has 4 aliphatic rings. The predicted octanol–water partition coefficient (Wildman–Crippen LogP) is 8.15. The third-order valence-electron chi connectivity index (χ3n) is 9.88. The zero-order chi connectivity index (χ0) is 39.5. The van der Waals surface area contributed by atoms with E-state index in [1.54, 1.807) is 42.7 Å². The first-order valence-corrected chi connectivity index (χ1v) is 19.3. The fourth-order valence-electron chi connectivity index (χ4n) is 7.39. The summed E-state index contributed by atoms with van der Waals surface area (Å²) in [5.74, 6) is 1.01. The molecule has 0 saturated carbocycles. The summed E-state index contributed by atoms with van der Waals surface area (Å²) in [6.45, 7) is 1.02. The molecule has 0 bridgehead atoms. The number of benzene rings is 3. The molecule has 3 aromatic heterocycles. The Kier molecular flexibility index (Phi) is 9.45. The van der Waals surface area contributed by atoms with Gasteiger partial charge in [0.15, 0.2) is 0 Å². The van der Waals surface area contributed by atoms with Crippen molar-refractivity contribution in [3.05, 3.63) is 145 Å².